The third-order valence-corrected chi connectivity index (χ3v) is 7.70. The molecule has 8 nitrogen and oxygen atoms in total. The molecule has 33 heavy (non-hydrogen) atoms. The van der Waals surface area contributed by atoms with E-state index >= 15 is 0 Å². The van der Waals surface area contributed by atoms with E-state index in [0.29, 0.717) is 30.9 Å². The van der Waals surface area contributed by atoms with E-state index in [2.05, 4.69) is 15.6 Å². The second-order valence-electron chi connectivity index (χ2n) is 8.02. The topological polar surface area (TPSA) is 97.2 Å². The molecule has 0 bridgehead atoms. The molecule has 1 fully saturated rings. The van der Waals surface area contributed by atoms with Crippen LogP contribution in [-0.2, 0) is 16.6 Å². The molecule has 1 aromatic heterocycles. The van der Waals surface area contributed by atoms with Crippen LogP contribution in [0.25, 0.3) is 11.0 Å². The van der Waals surface area contributed by atoms with E-state index in [4.69, 9.17) is 0 Å². The molecule has 0 spiro atoms. The van der Waals surface area contributed by atoms with Crippen LogP contribution < -0.4 is 5.32 Å². The highest BCUT2D eigenvalue weighted by Gasteiger charge is 2.26. The molecule has 1 amide bonds. The summed E-state index contributed by atoms with van der Waals surface area (Å²) in [5.74, 6) is -0.261. The van der Waals surface area contributed by atoms with Gasteiger partial charge in [0.15, 0.2) is 0 Å². The fourth-order valence-electron chi connectivity index (χ4n) is 3.96. The lowest BCUT2D eigenvalue weighted by molar-refractivity contribution is 0.102. The first kappa shape index (κ1) is 21.3. The van der Waals surface area contributed by atoms with E-state index in [0.717, 1.165) is 29.4 Å². The van der Waals surface area contributed by atoms with Gasteiger partial charge in [-0.1, -0.05) is 29.5 Å². The van der Waals surface area contributed by atoms with Crippen molar-refractivity contribution < 1.29 is 13.2 Å². The zero-order valence-corrected chi connectivity index (χ0v) is 18.7. The van der Waals surface area contributed by atoms with Gasteiger partial charge in [0.25, 0.3) is 5.91 Å². The van der Waals surface area contributed by atoms with Gasteiger partial charge in [-0.3, -0.25) is 4.79 Å². The van der Waals surface area contributed by atoms with Crippen molar-refractivity contribution in [2.45, 2.75) is 24.3 Å². The van der Waals surface area contributed by atoms with Gasteiger partial charge in [0.1, 0.15) is 5.52 Å². The molecule has 9 heteroatoms. The van der Waals surface area contributed by atoms with Crippen LogP contribution in [0.3, 0.4) is 0 Å². The maximum atomic E-state index is 12.6. The van der Waals surface area contributed by atoms with Crippen molar-refractivity contribution in [1.82, 2.24) is 19.3 Å². The molecule has 4 aromatic rings. The average Bonchev–Trinajstić information content (AvgIpc) is 3.51. The van der Waals surface area contributed by atoms with Gasteiger partial charge in [0.2, 0.25) is 10.0 Å². The Kier molecular flexibility index (Phi) is 5.65. The second-order valence-corrected chi connectivity index (χ2v) is 9.96. The fourth-order valence-corrected chi connectivity index (χ4v) is 5.48. The molecule has 0 radical (unpaired) electrons. The number of anilines is 1. The highest BCUT2D eigenvalue weighted by molar-refractivity contribution is 7.89. The molecule has 168 valence electrons. The van der Waals surface area contributed by atoms with E-state index in [9.17, 15) is 13.2 Å². The Balaban J connectivity index is 1.24. The number of sulfonamides is 1. The minimum absolute atomic E-state index is 0.243. The van der Waals surface area contributed by atoms with Gasteiger partial charge in [0, 0.05) is 24.3 Å². The van der Waals surface area contributed by atoms with Crippen LogP contribution in [0.1, 0.15) is 28.8 Å². The number of hydrogen-bond acceptors (Lipinski definition) is 5. The van der Waals surface area contributed by atoms with E-state index in [1.165, 1.54) is 16.4 Å². The Morgan fingerprint density at radius 2 is 1.61 bits per heavy atom. The Bertz CT molecular complexity index is 1390. The first-order chi connectivity index (χ1) is 16.0. The molecule has 1 saturated heterocycles. The molecule has 0 saturated carbocycles. The van der Waals surface area contributed by atoms with Gasteiger partial charge in [-0.05, 0) is 66.9 Å². The molecule has 1 aliphatic rings. The van der Waals surface area contributed by atoms with Gasteiger partial charge in [0.05, 0.1) is 17.0 Å². The van der Waals surface area contributed by atoms with Crippen molar-refractivity contribution in [3.05, 3.63) is 83.9 Å². The lowest BCUT2D eigenvalue weighted by atomic mass is 10.1. The normalized spacial score (nSPS) is 14.5. The number of aromatic nitrogens is 3. The standard InChI is InChI=1S/C24H23N5O3S/c30-24(25-20-11-13-21(14-12-20)33(31,32)28-15-3-4-16-28)19-9-7-18(8-10-19)17-29-23-6-2-1-5-22(23)26-27-29/h1-2,5-14H,3-4,15-17H2,(H,25,30). The monoisotopic (exact) mass is 461 g/mol. The summed E-state index contributed by atoms with van der Waals surface area (Å²) in [6.45, 7) is 1.67. The lowest BCUT2D eigenvalue weighted by Crippen LogP contribution is -2.27. The summed E-state index contributed by atoms with van der Waals surface area (Å²) in [4.78, 5) is 12.9. The summed E-state index contributed by atoms with van der Waals surface area (Å²) in [6, 6.07) is 21.4. The number of amides is 1. The number of nitrogens with one attached hydrogen (secondary N) is 1. The molecule has 1 N–H and O–H groups in total. The van der Waals surface area contributed by atoms with E-state index in [1.807, 2.05) is 41.1 Å². The largest absolute Gasteiger partial charge is 0.322 e. The Hall–Kier alpha value is -3.56. The zero-order chi connectivity index (χ0) is 22.8. The SMILES string of the molecule is O=C(Nc1ccc(S(=O)(=O)N2CCCC2)cc1)c1ccc(Cn2nnc3ccccc32)cc1. The molecule has 0 atom stereocenters. The van der Waals surface area contributed by atoms with Gasteiger partial charge in [-0.25, -0.2) is 13.1 Å². The number of carbonyl (C=O) groups excluding carboxylic acids is 1. The predicted molar refractivity (Wildman–Crippen MR) is 125 cm³/mol. The summed E-state index contributed by atoms with van der Waals surface area (Å²) in [5, 5.41) is 11.2. The van der Waals surface area contributed by atoms with Crippen LogP contribution in [-0.4, -0.2) is 46.7 Å². The first-order valence-corrected chi connectivity index (χ1v) is 12.2. The highest BCUT2D eigenvalue weighted by atomic mass is 32.2. The summed E-state index contributed by atoms with van der Waals surface area (Å²) in [5.41, 5.74) is 3.84. The maximum absolute atomic E-state index is 12.6. The third-order valence-electron chi connectivity index (χ3n) is 5.78. The minimum Gasteiger partial charge on any atom is -0.322 e. The third kappa shape index (κ3) is 4.37. The Labute approximate surface area is 191 Å². The Morgan fingerprint density at radius 3 is 2.33 bits per heavy atom. The minimum atomic E-state index is -3.47. The molecule has 0 unspecified atom stereocenters. The van der Waals surface area contributed by atoms with Crippen LogP contribution in [0.5, 0.6) is 0 Å². The molecule has 2 heterocycles. The average molecular weight is 462 g/mol. The predicted octanol–water partition coefficient (Wildman–Crippen LogP) is 3.52. The van der Waals surface area contributed by atoms with Crippen LogP contribution in [0.2, 0.25) is 0 Å². The zero-order valence-electron chi connectivity index (χ0n) is 17.9. The number of carbonyl (C=O) groups is 1. The van der Waals surface area contributed by atoms with Crippen molar-refractivity contribution in [3.63, 3.8) is 0 Å². The number of fused-ring (bicyclic) bond motifs is 1. The lowest BCUT2D eigenvalue weighted by Gasteiger charge is -2.15. The molecule has 3 aromatic carbocycles. The van der Waals surface area contributed by atoms with Crippen molar-refractivity contribution in [3.8, 4) is 0 Å². The smallest absolute Gasteiger partial charge is 0.255 e. The van der Waals surface area contributed by atoms with Crippen molar-refractivity contribution in [2.24, 2.45) is 0 Å². The molecular weight excluding hydrogens is 438 g/mol. The number of rotatable bonds is 6. The molecular formula is C24H23N5O3S. The summed E-state index contributed by atoms with van der Waals surface area (Å²) >= 11 is 0. The Morgan fingerprint density at radius 1 is 0.909 bits per heavy atom. The summed E-state index contributed by atoms with van der Waals surface area (Å²) in [6.07, 6.45) is 1.78. The maximum Gasteiger partial charge on any atom is 0.255 e. The van der Waals surface area contributed by atoms with Gasteiger partial charge in [-0.15, -0.1) is 5.10 Å². The number of para-hydroxylation sites is 1. The van der Waals surface area contributed by atoms with Crippen molar-refractivity contribution >= 4 is 32.7 Å². The molecule has 5 rings (SSSR count). The van der Waals surface area contributed by atoms with Gasteiger partial charge in [-0.2, -0.15) is 4.31 Å². The quantitative estimate of drug-likeness (QED) is 0.474. The van der Waals surface area contributed by atoms with Gasteiger partial charge >= 0.3 is 0 Å². The van der Waals surface area contributed by atoms with Crippen molar-refractivity contribution in [1.29, 1.82) is 0 Å². The molecule has 1 aliphatic heterocycles. The summed E-state index contributed by atoms with van der Waals surface area (Å²) in [7, 11) is -3.47. The van der Waals surface area contributed by atoms with E-state index in [-0.39, 0.29) is 10.8 Å². The number of benzene rings is 3. The highest BCUT2D eigenvalue weighted by Crippen LogP contribution is 2.22. The number of hydrogen-bond donors (Lipinski definition) is 1. The first-order valence-electron chi connectivity index (χ1n) is 10.8. The van der Waals surface area contributed by atoms with Gasteiger partial charge < -0.3 is 5.32 Å². The molecule has 0 aliphatic carbocycles. The van der Waals surface area contributed by atoms with E-state index < -0.39 is 10.0 Å². The second kappa shape index (κ2) is 8.76. The van der Waals surface area contributed by atoms with Crippen LogP contribution >= 0.6 is 0 Å². The summed E-state index contributed by atoms with van der Waals surface area (Å²) < 4.78 is 28.6. The van der Waals surface area contributed by atoms with Crippen LogP contribution in [0.4, 0.5) is 5.69 Å². The van der Waals surface area contributed by atoms with Crippen LogP contribution in [0, 0.1) is 0 Å². The van der Waals surface area contributed by atoms with Crippen molar-refractivity contribution in [2.75, 3.05) is 18.4 Å². The fraction of sp³-hybridized carbons (Fsp3) is 0.208. The van der Waals surface area contributed by atoms with Crippen LogP contribution in [0.15, 0.2) is 77.7 Å². The van der Waals surface area contributed by atoms with E-state index in [1.54, 1.807) is 24.3 Å². The number of nitrogens with zero attached hydrogens (tertiary/aromatic N) is 4.